The fourth-order valence-electron chi connectivity index (χ4n) is 2.65. The zero-order valence-corrected chi connectivity index (χ0v) is 9.95. The van der Waals surface area contributed by atoms with Crippen LogP contribution in [0.15, 0.2) is 0 Å². The summed E-state index contributed by atoms with van der Waals surface area (Å²) in [6, 6.07) is 0. The molecule has 92 valence electrons. The Morgan fingerprint density at radius 3 is 2.62 bits per heavy atom. The van der Waals surface area contributed by atoms with E-state index >= 15 is 0 Å². The van der Waals surface area contributed by atoms with E-state index in [0.717, 1.165) is 19.4 Å². The van der Waals surface area contributed by atoms with Crippen molar-refractivity contribution in [2.45, 2.75) is 57.5 Å². The molecule has 0 aromatic heterocycles. The molecule has 0 amide bonds. The first-order chi connectivity index (χ1) is 7.84. The summed E-state index contributed by atoms with van der Waals surface area (Å²) in [6.45, 7) is 1.29. The lowest BCUT2D eigenvalue weighted by molar-refractivity contribution is -0.148. The van der Waals surface area contributed by atoms with E-state index < -0.39 is 0 Å². The van der Waals surface area contributed by atoms with Crippen LogP contribution in [-0.2, 0) is 14.3 Å². The van der Waals surface area contributed by atoms with Crippen molar-refractivity contribution < 1.29 is 14.3 Å². The smallest absolute Gasteiger partial charge is 0.306 e. The molecule has 2 aliphatic rings. The first-order valence-corrected chi connectivity index (χ1v) is 6.62. The average Bonchev–Trinajstić information content (AvgIpc) is 2.81. The van der Waals surface area contributed by atoms with Crippen LogP contribution < -0.4 is 0 Å². The highest BCUT2D eigenvalue weighted by molar-refractivity contribution is 5.69. The van der Waals surface area contributed by atoms with Crippen LogP contribution in [0.1, 0.15) is 51.4 Å². The minimum Gasteiger partial charge on any atom is -0.463 e. The summed E-state index contributed by atoms with van der Waals surface area (Å²) in [4.78, 5) is 11.6. The third kappa shape index (κ3) is 3.78. The molecule has 1 saturated heterocycles. The van der Waals surface area contributed by atoms with E-state index in [2.05, 4.69) is 0 Å². The lowest BCUT2D eigenvalue weighted by Crippen LogP contribution is -2.20. The van der Waals surface area contributed by atoms with Gasteiger partial charge in [0.15, 0.2) is 0 Å². The Kier molecular flexibility index (Phi) is 4.64. The number of esters is 1. The molecule has 1 heterocycles. The molecule has 0 unspecified atom stereocenters. The van der Waals surface area contributed by atoms with Crippen LogP contribution in [0.25, 0.3) is 0 Å². The molecule has 3 nitrogen and oxygen atoms in total. The van der Waals surface area contributed by atoms with Gasteiger partial charge in [0.1, 0.15) is 6.61 Å². The van der Waals surface area contributed by atoms with Gasteiger partial charge in [0.2, 0.25) is 0 Å². The monoisotopic (exact) mass is 226 g/mol. The Balaban J connectivity index is 1.59. The van der Waals surface area contributed by atoms with E-state index in [9.17, 15) is 4.79 Å². The minimum absolute atomic E-state index is 0.0256. The lowest BCUT2D eigenvalue weighted by Gasteiger charge is -2.20. The van der Waals surface area contributed by atoms with Gasteiger partial charge in [0.05, 0.1) is 6.10 Å². The van der Waals surface area contributed by atoms with Crippen molar-refractivity contribution in [3.63, 3.8) is 0 Å². The van der Waals surface area contributed by atoms with Crippen molar-refractivity contribution in [1.82, 2.24) is 0 Å². The molecule has 2 fully saturated rings. The number of rotatable bonds is 4. The largest absolute Gasteiger partial charge is 0.463 e. The summed E-state index contributed by atoms with van der Waals surface area (Å²) in [7, 11) is 0. The number of carbonyl (C=O) groups is 1. The van der Waals surface area contributed by atoms with E-state index in [1.807, 2.05) is 0 Å². The molecule has 0 aromatic rings. The second-order valence-electron chi connectivity index (χ2n) is 5.03. The zero-order chi connectivity index (χ0) is 11.2. The molecule has 16 heavy (non-hydrogen) atoms. The summed E-state index contributed by atoms with van der Waals surface area (Å²) >= 11 is 0. The van der Waals surface area contributed by atoms with Crippen LogP contribution in [0.2, 0.25) is 0 Å². The number of hydrogen-bond acceptors (Lipinski definition) is 3. The van der Waals surface area contributed by atoms with Gasteiger partial charge in [0, 0.05) is 13.0 Å². The lowest BCUT2D eigenvalue weighted by atomic mass is 9.87. The van der Waals surface area contributed by atoms with Gasteiger partial charge < -0.3 is 9.47 Å². The second kappa shape index (κ2) is 6.24. The predicted octanol–water partition coefficient (Wildman–Crippen LogP) is 2.68. The zero-order valence-electron chi connectivity index (χ0n) is 9.95. The van der Waals surface area contributed by atoms with E-state index in [1.54, 1.807) is 0 Å². The molecule has 1 aliphatic carbocycles. The standard InChI is InChI=1S/C13H22O3/c14-13(9-11-5-2-1-3-6-11)16-10-12-7-4-8-15-12/h11-12H,1-10H2/t12-/m0/s1. The molecule has 3 heteroatoms. The summed E-state index contributed by atoms with van der Waals surface area (Å²) in [5.41, 5.74) is 0. The van der Waals surface area contributed by atoms with Crippen LogP contribution in [0.4, 0.5) is 0 Å². The van der Waals surface area contributed by atoms with Gasteiger partial charge >= 0.3 is 5.97 Å². The van der Waals surface area contributed by atoms with Crippen LogP contribution in [-0.4, -0.2) is 25.3 Å². The molecular weight excluding hydrogens is 204 g/mol. The highest BCUT2D eigenvalue weighted by Gasteiger charge is 2.20. The van der Waals surface area contributed by atoms with Crippen LogP contribution >= 0.6 is 0 Å². The van der Waals surface area contributed by atoms with Crippen LogP contribution in [0.3, 0.4) is 0 Å². The average molecular weight is 226 g/mol. The normalized spacial score (nSPS) is 26.9. The van der Waals surface area contributed by atoms with Crippen molar-refractivity contribution >= 4 is 5.97 Å². The van der Waals surface area contributed by atoms with Crippen molar-refractivity contribution in [2.75, 3.05) is 13.2 Å². The Morgan fingerprint density at radius 2 is 1.94 bits per heavy atom. The minimum atomic E-state index is -0.0256. The topological polar surface area (TPSA) is 35.5 Å². The van der Waals surface area contributed by atoms with Gasteiger partial charge in [-0.3, -0.25) is 4.79 Å². The molecule has 1 atom stereocenters. The maximum Gasteiger partial charge on any atom is 0.306 e. The van der Waals surface area contributed by atoms with E-state index in [4.69, 9.17) is 9.47 Å². The summed E-state index contributed by atoms with van der Waals surface area (Å²) in [5, 5.41) is 0. The van der Waals surface area contributed by atoms with Gasteiger partial charge in [0.25, 0.3) is 0 Å². The van der Waals surface area contributed by atoms with Crippen molar-refractivity contribution in [3.8, 4) is 0 Å². The molecule has 2 rings (SSSR count). The molecule has 1 saturated carbocycles. The quantitative estimate of drug-likeness (QED) is 0.691. The first kappa shape index (κ1) is 11.9. The van der Waals surface area contributed by atoms with E-state index in [0.29, 0.717) is 18.9 Å². The third-order valence-corrected chi connectivity index (χ3v) is 3.63. The Labute approximate surface area is 97.5 Å². The number of ether oxygens (including phenoxy) is 2. The van der Waals surface area contributed by atoms with Crippen molar-refractivity contribution in [3.05, 3.63) is 0 Å². The maximum absolute atomic E-state index is 11.6. The Bertz CT molecular complexity index is 215. The summed E-state index contributed by atoms with van der Waals surface area (Å²) < 4.78 is 10.7. The Hall–Kier alpha value is -0.570. The van der Waals surface area contributed by atoms with Crippen LogP contribution in [0.5, 0.6) is 0 Å². The first-order valence-electron chi connectivity index (χ1n) is 6.62. The highest BCUT2D eigenvalue weighted by atomic mass is 16.6. The molecule has 0 N–H and O–H groups in total. The van der Waals surface area contributed by atoms with Gasteiger partial charge in [-0.15, -0.1) is 0 Å². The third-order valence-electron chi connectivity index (χ3n) is 3.63. The van der Waals surface area contributed by atoms with Crippen molar-refractivity contribution in [1.29, 1.82) is 0 Å². The molecular formula is C13H22O3. The maximum atomic E-state index is 11.6. The number of carbonyl (C=O) groups excluding carboxylic acids is 1. The predicted molar refractivity (Wildman–Crippen MR) is 61.1 cm³/mol. The van der Waals surface area contributed by atoms with Gasteiger partial charge in [-0.25, -0.2) is 0 Å². The summed E-state index contributed by atoms with van der Waals surface area (Å²) in [6.07, 6.45) is 9.22. The number of hydrogen-bond donors (Lipinski definition) is 0. The highest BCUT2D eigenvalue weighted by Crippen LogP contribution is 2.26. The molecule has 1 aliphatic heterocycles. The Morgan fingerprint density at radius 1 is 1.12 bits per heavy atom. The second-order valence-corrected chi connectivity index (χ2v) is 5.03. The van der Waals surface area contributed by atoms with Gasteiger partial charge in [-0.1, -0.05) is 19.3 Å². The molecule has 0 aromatic carbocycles. The SMILES string of the molecule is O=C(CC1CCCCC1)OC[C@@H]1CCCO1. The van der Waals surface area contributed by atoms with Crippen molar-refractivity contribution in [2.24, 2.45) is 5.92 Å². The molecule has 0 spiro atoms. The molecule has 0 radical (unpaired) electrons. The van der Waals surface area contributed by atoms with Crippen LogP contribution in [0, 0.1) is 5.92 Å². The van der Waals surface area contributed by atoms with Gasteiger partial charge in [-0.2, -0.15) is 0 Å². The fraction of sp³-hybridized carbons (Fsp3) is 0.923. The van der Waals surface area contributed by atoms with E-state index in [1.165, 1.54) is 32.1 Å². The summed E-state index contributed by atoms with van der Waals surface area (Å²) in [5.74, 6) is 0.549. The van der Waals surface area contributed by atoms with Gasteiger partial charge in [-0.05, 0) is 31.6 Å². The van der Waals surface area contributed by atoms with E-state index in [-0.39, 0.29) is 12.1 Å². The fourth-order valence-corrected chi connectivity index (χ4v) is 2.65. The molecule has 0 bridgehead atoms.